The molecule has 1 aromatic rings. The largest absolute Gasteiger partial charge is 0.462 e. The molecule has 10 heteroatoms. The molecule has 1 atom stereocenters. The molecule has 1 rings (SSSR count). The second-order valence-electron chi connectivity index (χ2n) is 4.02. The summed E-state index contributed by atoms with van der Waals surface area (Å²) in [6.07, 6.45) is -5.10. The van der Waals surface area contributed by atoms with E-state index >= 15 is 0 Å². The van der Waals surface area contributed by atoms with Gasteiger partial charge in [-0.05, 0) is 19.1 Å². The molecule has 0 bridgehead atoms. The molecule has 0 heterocycles. The zero-order valence-electron chi connectivity index (χ0n) is 11.1. The molecule has 0 spiro atoms. The average molecular weight is 352 g/mol. The smallest absolute Gasteiger partial charge is 0.416 e. The highest BCUT2D eigenvalue weighted by Crippen LogP contribution is 2.40. The minimum Gasteiger partial charge on any atom is -0.462 e. The monoisotopic (exact) mass is 351 g/mol. The van der Waals surface area contributed by atoms with E-state index in [1.165, 1.54) is 6.92 Å². The van der Waals surface area contributed by atoms with Crippen molar-refractivity contribution in [3.05, 3.63) is 35.1 Å². The minimum absolute atomic E-state index is 0. The van der Waals surface area contributed by atoms with Gasteiger partial charge in [-0.2, -0.15) is 22.0 Å². The first kappa shape index (κ1) is 20.5. The van der Waals surface area contributed by atoms with Crippen LogP contribution in [0.5, 0.6) is 0 Å². The van der Waals surface area contributed by atoms with Gasteiger partial charge < -0.3 is 10.5 Å². The molecule has 0 saturated carbocycles. The molecule has 126 valence electrons. The molecule has 0 aliphatic rings. The van der Waals surface area contributed by atoms with Crippen molar-refractivity contribution in [3.8, 4) is 0 Å². The minimum atomic E-state index is -5.10. The lowest BCUT2D eigenvalue weighted by Gasteiger charge is -2.24. The van der Waals surface area contributed by atoms with Crippen molar-refractivity contribution >= 4 is 18.4 Å². The lowest BCUT2D eigenvalue weighted by molar-refractivity contribution is -0.175. The molecule has 22 heavy (non-hydrogen) atoms. The molecule has 1 aromatic carbocycles. The van der Waals surface area contributed by atoms with Crippen molar-refractivity contribution in [2.24, 2.45) is 5.73 Å². The number of rotatable bonds is 4. The quantitative estimate of drug-likeness (QED) is 0.667. The predicted octanol–water partition coefficient (Wildman–Crippen LogP) is 3.46. The molecule has 0 amide bonds. The van der Waals surface area contributed by atoms with E-state index in [2.05, 4.69) is 4.74 Å². The van der Waals surface area contributed by atoms with E-state index in [0.29, 0.717) is 18.2 Å². The van der Waals surface area contributed by atoms with Gasteiger partial charge in [0.05, 0.1) is 12.2 Å². The van der Waals surface area contributed by atoms with Crippen LogP contribution in [-0.2, 0) is 15.7 Å². The van der Waals surface area contributed by atoms with Crippen LogP contribution in [0.2, 0.25) is 0 Å². The first-order valence-electron chi connectivity index (χ1n) is 5.69. The number of carbonyl (C=O) groups is 1. The summed E-state index contributed by atoms with van der Waals surface area (Å²) in [6, 6.07) is -1.17. The zero-order valence-corrected chi connectivity index (χ0v) is 11.9. The molecule has 3 nitrogen and oxygen atoms in total. The summed E-state index contributed by atoms with van der Waals surface area (Å²) in [7, 11) is 0. The Kier molecular flexibility index (Phi) is 6.70. The molecule has 0 fully saturated rings. The third kappa shape index (κ3) is 4.04. The lowest BCUT2D eigenvalue weighted by atomic mass is 9.95. The van der Waals surface area contributed by atoms with E-state index in [-0.39, 0.29) is 12.4 Å². The highest BCUT2D eigenvalue weighted by atomic mass is 35.5. The van der Waals surface area contributed by atoms with Crippen molar-refractivity contribution in [2.75, 3.05) is 6.61 Å². The molecule has 0 aromatic heterocycles. The number of hydrogen-bond donors (Lipinski definition) is 1. The maximum absolute atomic E-state index is 13.7. The summed E-state index contributed by atoms with van der Waals surface area (Å²) in [5, 5.41) is 0. The van der Waals surface area contributed by atoms with Gasteiger partial charge in [0.1, 0.15) is 11.9 Å². The highest BCUT2D eigenvalue weighted by Gasteiger charge is 2.51. The maximum atomic E-state index is 13.7. The van der Waals surface area contributed by atoms with Crippen LogP contribution in [-0.4, -0.2) is 18.5 Å². The van der Waals surface area contributed by atoms with E-state index in [0.717, 1.165) is 0 Å². The van der Waals surface area contributed by atoms with Gasteiger partial charge in [0, 0.05) is 5.56 Å². The Morgan fingerprint density at radius 2 is 1.82 bits per heavy atom. The van der Waals surface area contributed by atoms with Crippen LogP contribution in [0.25, 0.3) is 0 Å². The Hall–Kier alpha value is -1.48. The third-order valence-corrected chi connectivity index (χ3v) is 2.61. The van der Waals surface area contributed by atoms with Crippen LogP contribution in [0.4, 0.5) is 26.3 Å². The van der Waals surface area contributed by atoms with Crippen LogP contribution in [0, 0.1) is 5.82 Å². The summed E-state index contributed by atoms with van der Waals surface area (Å²) < 4.78 is 83.2. The number of esters is 1. The van der Waals surface area contributed by atoms with Crippen molar-refractivity contribution in [1.82, 2.24) is 0 Å². The molecule has 0 radical (unpaired) electrons. The number of benzene rings is 1. The SMILES string of the molecule is CCOC(=O)C(F)(F)[C@@H](N)c1c(F)cccc1C(F)(F)F.Cl. The van der Waals surface area contributed by atoms with Crippen LogP contribution in [0.3, 0.4) is 0 Å². The Morgan fingerprint density at radius 1 is 1.27 bits per heavy atom. The van der Waals surface area contributed by atoms with Gasteiger partial charge in [-0.25, -0.2) is 9.18 Å². The van der Waals surface area contributed by atoms with Crippen molar-refractivity contribution < 1.29 is 35.9 Å². The standard InChI is InChI=1S/C12H11F6NO2.ClH/c1-2-21-10(20)11(14,15)9(19)8-6(12(16,17)18)4-3-5-7(8)13;/h3-5,9H,2,19H2,1H3;1H/t9-;/m0./s1. The topological polar surface area (TPSA) is 52.3 Å². The number of halogens is 7. The van der Waals surface area contributed by atoms with Crippen LogP contribution in [0.15, 0.2) is 18.2 Å². The van der Waals surface area contributed by atoms with Gasteiger partial charge in [-0.3, -0.25) is 0 Å². The van der Waals surface area contributed by atoms with Crippen molar-refractivity contribution in [2.45, 2.75) is 25.1 Å². The van der Waals surface area contributed by atoms with Crippen LogP contribution in [0.1, 0.15) is 24.1 Å². The maximum Gasteiger partial charge on any atom is 0.416 e. The lowest BCUT2D eigenvalue weighted by Crippen LogP contribution is -2.43. The first-order chi connectivity index (χ1) is 9.53. The van der Waals surface area contributed by atoms with E-state index in [1.807, 2.05) is 0 Å². The molecular weight excluding hydrogens is 340 g/mol. The van der Waals surface area contributed by atoms with Crippen molar-refractivity contribution in [3.63, 3.8) is 0 Å². The number of ether oxygens (including phenoxy) is 1. The summed E-state index contributed by atoms with van der Waals surface area (Å²) in [5.41, 5.74) is 1.86. The number of nitrogens with two attached hydrogens (primary N) is 1. The zero-order chi connectivity index (χ0) is 16.4. The molecule has 0 saturated heterocycles. The molecule has 2 N–H and O–H groups in total. The van der Waals surface area contributed by atoms with Crippen molar-refractivity contribution in [1.29, 1.82) is 0 Å². The Balaban J connectivity index is 0.00000441. The fraction of sp³-hybridized carbons (Fsp3) is 0.417. The van der Waals surface area contributed by atoms with E-state index in [1.54, 1.807) is 0 Å². The van der Waals surface area contributed by atoms with Gasteiger partial charge in [0.25, 0.3) is 0 Å². The summed E-state index contributed by atoms with van der Waals surface area (Å²) in [4.78, 5) is 11.1. The number of carbonyl (C=O) groups excluding carboxylic acids is 1. The van der Waals surface area contributed by atoms with Gasteiger partial charge in [-0.1, -0.05) is 6.07 Å². The van der Waals surface area contributed by atoms with Gasteiger partial charge in [0.15, 0.2) is 0 Å². The second kappa shape index (κ2) is 7.19. The predicted molar refractivity (Wildman–Crippen MR) is 67.2 cm³/mol. The van der Waals surface area contributed by atoms with Gasteiger partial charge in [0.2, 0.25) is 0 Å². The Morgan fingerprint density at radius 3 is 2.27 bits per heavy atom. The first-order valence-corrected chi connectivity index (χ1v) is 5.69. The van der Waals surface area contributed by atoms with Crippen LogP contribution < -0.4 is 5.73 Å². The normalized spacial score (nSPS) is 13.3. The fourth-order valence-corrected chi connectivity index (χ4v) is 1.64. The summed E-state index contributed by atoms with van der Waals surface area (Å²) in [6.45, 7) is 0.800. The Bertz CT molecular complexity index is 535. The average Bonchev–Trinajstić information content (AvgIpc) is 2.36. The molecular formula is C12H12ClF6NO2. The molecule has 0 aliphatic carbocycles. The second-order valence-corrected chi connectivity index (χ2v) is 4.02. The summed E-state index contributed by atoms with van der Waals surface area (Å²) in [5.74, 6) is -8.20. The number of hydrogen-bond acceptors (Lipinski definition) is 3. The molecule has 0 unspecified atom stereocenters. The highest BCUT2D eigenvalue weighted by molar-refractivity contribution is 5.85. The van der Waals surface area contributed by atoms with E-state index in [9.17, 15) is 31.1 Å². The number of alkyl halides is 5. The fourth-order valence-electron chi connectivity index (χ4n) is 1.64. The summed E-state index contributed by atoms with van der Waals surface area (Å²) >= 11 is 0. The Labute approximate surface area is 127 Å². The van der Waals surface area contributed by atoms with Gasteiger partial charge in [-0.15, -0.1) is 12.4 Å². The van der Waals surface area contributed by atoms with E-state index in [4.69, 9.17) is 5.73 Å². The van der Waals surface area contributed by atoms with Crippen LogP contribution >= 0.6 is 12.4 Å². The van der Waals surface area contributed by atoms with Gasteiger partial charge >= 0.3 is 18.1 Å². The third-order valence-electron chi connectivity index (χ3n) is 2.61. The van der Waals surface area contributed by atoms with E-state index < -0.39 is 47.7 Å². The molecule has 0 aliphatic heterocycles.